The summed E-state index contributed by atoms with van der Waals surface area (Å²) in [7, 11) is 0. The molecule has 2 rings (SSSR count). The Kier molecular flexibility index (Phi) is 3.32. The lowest BCUT2D eigenvalue weighted by atomic mass is 9.87. The van der Waals surface area contributed by atoms with Gasteiger partial charge in [0.15, 0.2) is 0 Å². The second kappa shape index (κ2) is 4.46. The van der Waals surface area contributed by atoms with E-state index >= 15 is 0 Å². The van der Waals surface area contributed by atoms with Crippen LogP contribution in [0.3, 0.4) is 0 Å². The minimum atomic E-state index is -0.440. The van der Waals surface area contributed by atoms with Crippen molar-refractivity contribution < 1.29 is 14.6 Å². The van der Waals surface area contributed by atoms with Crippen molar-refractivity contribution in [2.75, 3.05) is 32.8 Å². The number of amides is 1. The Morgan fingerprint density at radius 2 is 2.06 bits per heavy atom. The first kappa shape index (κ1) is 12.6. The van der Waals surface area contributed by atoms with E-state index in [2.05, 4.69) is 4.90 Å². The molecule has 17 heavy (non-hydrogen) atoms. The number of carbonyl (C=O) groups is 1. The van der Waals surface area contributed by atoms with E-state index in [0.717, 1.165) is 19.6 Å². The largest absolute Gasteiger partial charge is 0.444 e. The highest BCUT2D eigenvalue weighted by Gasteiger charge is 2.43. The van der Waals surface area contributed by atoms with E-state index in [0.29, 0.717) is 18.5 Å². The number of aliphatic hydroxyl groups excluding tert-OH is 1. The van der Waals surface area contributed by atoms with Gasteiger partial charge in [0.2, 0.25) is 0 Å². The molecule has 5 heteroatoms. The number of ether oxygens (including phenoxy) is 1. The Hall–Kier alpha value is -0.810. The average molecular weight is 242 g/mol. The number of nitrogens with zero attached hydrogens (tertiary/aromatic N) is 2. The van der Waals surface area contributed by atoms with Gasteiger partial charge in [0, 0.05) is 44.7 Å². The Bertz CT molecular complexity index is 297. The third kappa shape index (κ3) is 2.72. The summed E-state index contributed by atoms with van der Waals surface area (Å²) in [4.78, 5) is 16.0. The van der Waals surface area contributed by atoms with Crippen LogP contribution < -0.4 is 0 Å². The molecule has 2 aliphatic rings. The lowest BCUT2D eigenvalue weighted by Crippen LogP contribution is -2.67. The summed E-state index contributed by atoms with van der Waals surface area (Å²) < 4.78 is 5.36. The lowest BCUT2D eigenvalue weighted by molar-refractivity contribution is -0.0694. The van der Waals surface area contributed by atoms with Crippen LogP contribution in [-0.2, 0) is 4.74 Å². The van der Waals surface area contributed by atoms with E-state index in [1.54, 1.807) is 4.90 Å². The van der Waals surface area contributed by atoms with Gasteiger partial charge in [-0.3, -0.25) is 4.90 Å². The zero-order chi connectivity index (χ0) is 12.6. The predicted molar refractivity (Wildman–Crippen MR) is 63.7 cm³/mol. The van der Waals surface area contributed by atoms with Gasteiger partial charge in [0.25, 0.3) is 0 Å². The summed E-state index contributed by atoms with van der Waals surface area (Å²) in [6, 6.07) is 0.321. The van der Waals surface area contributed by atoms with Crippen LogP contribution in [0.4, 0.5) is 4.79 Å². The van der Waals surface area contributed by atoms with Gasteiger partial charge in [-0.25, -0.2) is 4.79 Å². The third-order valence-electron chi connectivity index (χ3n) is 3.43. The predicted octanol–water partition coefficient (Wildman–Crippen LogP) is 0.530. The maximum Gasteiger partial charge on any atom is 0.410 e. The summed E-state index contributed by atoms with van der Waals surface area (Å²) in [5, 5.41) is 9.17. The zero-order valence-corrected chi connectivity index (χ0v) is 10.8. The molecule has 2 aliphatic heterocycles. The first-order valence-electron chi connectivity index (χ1n) is 6.23. The molecule has 98 valence electrons. The molecule has 0 unspecified atom stereocenters. The second-order valence-corrected chi connectivity index (χ2v) is 5.93. The molecular weight excluding hydrogens is 220 g/mol. The van der Waals surface area contributed by atoms with Gasteiger partial charge in [0.1, 0.15) is 5.60 Å². The quantitative estimate of drug-likeness (QED) is 0.729. The topological polar surface area (TPSA) is 53.0 Å². The van der Waals surface area contributed by atoms with E-state index in [1.807, 2.05) is 20.8 Å². The van der Waals surface area contributed by atoms with Gasteiger partial charge in [-0.05, 0) is 20.8 Å². The van der Waals surface area contributed by atoms with Crippen molar-refractivity contribution in [2.24, 2.45) is 5.92 Å². The fourth-order valence-corrected chi connectivity index (χ4v) is 2.48. The van der Waals surface area contributed by atoms with Crippen LogP contribution in [0.1, 0.15) is 20.8 Å². The zero-order valence-electron chi connectivity index (χ0n) is 10.8. The number of rotatable bonds is 1. The summed E-state index contributed by atoms with van der Waals surface area (Å²) >= 11 is 0. The molecule has 0 radical (unpaired) electrons. The maximum atomic E-state index is 11.9. The molecule has 0 spiro atoms. The molecule has 0 aromatic rings. The van der Waals surface area contributed by atoms with Gasteiger partial charge in [-0.15, -0.1) is 0 Å². The number of fused-ring (bicyclic) bond motifs is 1. The van der Waals surface area contributed by atoms with Gasteiger partial charge in [-0.1, -0.05) is 0 Å². The molecule has 5 nitrogen and oxygen atoms in total. The van der Waals surface area contributed by atoms with E-state index in [4.69, 9.17) is 4.74 Å². The monoisotopic (exact) mass is 242 g/mol. The van der Waals surface area contributed by atoms with Crippen molar-refractivity contribution in [3.63, 3.8) is 0 Å². The van der Waals surface area contributed by atoms with Crippen molar-refractivity contribution in [3.8, 4) is 0 Å². The molecule has 1 N–H and O–H groups in total. The summed E-state index contributed by atoms with van der Waals surface area (Å²) in [6.07, 6.45) is -0.235. The molecule has 2 heterocycles. The van der Waals surface area contributed by atoms with Crippen LogP contribution in [0.15, 0.2) is 0 Å². The normalized spacial score (nSPS) is 29.5. The van der Waals surface area contributed by atoms with E-state index < -0.39 is 5.60 Å². The smallest absolute Gasteiger partial charge is 0.410 e. The van der Waals surface area contributed by atoms with Crippen molar-refractivity contribution in [1.29, 1.82) is 0 Å². The van der Waals surface area contributed by atoms with Gasteiger partial charge < -0.3 is 14.7 Å². The number of carbonyl (C=O) groups excluding carboxylic acids is 1. The van der Waals surface area contributed by atoms with Crippen molar-refractivity contribution >= 4 is 6.09 Å². The summed E-state index contributed by atoms with van der Waals surface area (Å²) in [5.41, 5.74) is -0.440. The Morgan fingerprint density at radius 3 is 2.65 bits per heavy atom. The SMILES string of the molecule is CC(C)(C)OC(=O)N1CCN2C[C@H](CO)[C@@H]2C1. The molecule has 0 aromatic heterocycles. The second-order valence-electron chi connectivity index (χ2n) is 5.93. The average Bonchev–Trinajstić information content (AvgIpc) is 2.17. The fraction of sp³-hybridized carbons (Fsp3) is 0.917. The molecule has 2 atom stereocenters. The molecule has 0 aromatic carbocycles. The van der Waals surface area contributed by atoms with E-state index in [-0.39, 0.29) is 12.7 Å². The fourth-order valence-electron chi connectivity index (χ4n) is 2.48. The molecule has 1 amide bonds. The van der Waals surface area contributed by atoms with Crippen LogP contribution in [0.2, 0.25) is 0 Å². The highest BCUT2D eigenvalue weighted by molar-refractivity contribution is 5.68. The maximum absolute atomic E-state index is 11.9. The molecule has 2 saturated heterocycles. The highest BCUT2D eigenvalue weighted by Crippen LogP contribution is 2.28. The van der Waals surface area contributed by atoms with Crippen molar-refractivity contribution in [1.82, 2.24) is 9.80 Å². The highest BCUT2D eigenvalue weighted by atomic mass is 16.6. The minimum Gasteiger partial charge on any atom is -0.444 e. The Morgan fingerprint density at radius 1 is 1.35 bits per heavy atom. The number of hydrogen-bond donors (Lipinski definition) is 1. The van der Waals surface area contributed by atoms with Gasteiger partial charge >= 0.3 is 6.09 Å². The van der Waals surface area contributed by atoms with Crippen LogP contribution in [0.25, 0.3) is 0 Å². The number of piperazine rings is 1. The molecule has 2 fully saturated rings. The summed E-state index contributed by atoms with van der Waals surface area (Å²) in [5.74, 6) is 0.320. The minimum absolute atomic E-state index is 0.212. The van der Waals surface area contributed by atoms with Gasteiger partial charge in [0.05, 0.1) is 0 Å². The molecule has 0 saturated carbocycles. The van der Waals surface area contributed by atoms with E-state index in [1.165, 1.54) is 0 Å². The number of hydrogen-bond acceptors (Lipinski definition) is 4. The molecule has 0 bridgehead atoms. The van der Waals surface area contributed by atoms with Crippen LogP contribution >= 0.6 is 0 Å². The summed E-state index contributed by atoms with van der Waals surface area (Å²) in [6.45, 7) is 9.10. The van der Waals surface area contributed by atoms with Crippen molar-refractivity contribution in [3.05, 3.63) is 0 Å². The number of aliphatic hydroxyl groups is 1. The molecule has 0 aliphatic carbocycles. The van der Waals surface area contributed by atoms with Gasteiger partial charge in [-0.2, -0.15) is 0 Å². The Labute approximate surface area is 102 Å². The van der Waals surface area contributed by atoms with E-state index in [9.17, 15) is 9.90 Å². The third-order valence-corrected chi connectivity index (χ3v) is 3.43. The standard InChI is InChI=1S/C12H22N2O3/c1-12(2,3)17-11(16)14-5-4-13-6-9(8-15)10(13)7-14/h9-10,15H,4-8H2,1-3H3/t9-,10+/m1/s1. The first-order chi connectivity index (χ1) is 7.90. The van der Waals surface area contributed by atoms with Crippen molar-refractivity contribution in [2.45, 2.75) is 32.4 Å². The Balaban J connectivity index is 1.88. The first-order valence-corrected chi connectivity index (χ1v) is 6.23. The van der Waals surface area contributed by atoms with Crippen LogP contribution in [-0.4, -0.2) is 65.4 Å². The molecular formula is C12H22N2O3. The van der Waals surface area contributed by atoms with Crippen LogP contribution in [0.5, 0.6) is 0 Å². The van der Waals surface area contributed by atoms with Crippen LogP contribution in [0, 0.1) is 5.92 Å². The lowest BCUT2D eigenvalue weighted by Gasteiger charge is -2.53.